The number of para-hydroxylation sites is 1. The molecule has 0 atom stereocenters. The third-order valence-corrected chi connectivity index (χ3v) is 5.19. The molecule has 0 fully saturated rings. The van der Waals surface area contributed by atoms with Gasteiger partial charge in [-0.05, 0) is 36.7 Å². The molecular weight excluding hydrogens is 599 g/mol. The van der Waals surface area contributed by atoms with Crippen molar-refractivity contribution in [3.8, 4) is 22.4 Å². The van der Waals surface area contributed by atoms with Crippen LogP contribution in [-0.4, -0.2) is 15.9 Å². The number of nitrogens with zero attached hydrogens (tertiary/aromatic N) is 1. The van der Waals surface area contributed by atoms with Crippen LogP contribution in [0.15, 0.2) is 109 Å². The number of fused-ring (bicyclic) bond motifs is 2. The Morgan fingerprint density at radius 3 is 2.18 bits per heavy atom. The first-order valence-corrected chi connectivity index (χ1v) is 10.8. The maximum atomic E-state index is 10.0. The number of ketones is 1. The molecule has 0 spiro atoms. The number of aliphatic hydroxyl groups is 1. The van der Waals surface area contributed by atoms with Crippen molar-refractivity contribution in [2.24, 2.45) is 0 Å². The molecule has 1 radical (unpaired) electrons. The molecule has 0 aliphatic carbocycles. The molecule has 0 saturated carbocycles. The Morgan fingerprint density at radius 1 is 0.853 bits per heavy atom. The molecule has 1 aromatic heterocycles. The molecular formula is C30H24IrNO2-. The van der Waals surface area contributed by atoms with E-state index < -0.39 is 0 Å². The fourth-order valence-electron chi connectivity index (χ4n) is 3.83. The van der Waals surface area contributed by atoms with E-state index in [1.807, 2.05) is 18.2 Å². The van der Waals surface area contributed by atoms with Crippen LogP contribution in [-0.2, 0) is 24.9 Å². The summed E-state index contributed by atoms with van der Waals surface area (Å²) in [5, 5.41) is 11.9. The van der Waals surface area contributed by atoms with Crippen molar-refractivity contribution in [2.45, 2.75) is 13.8 Å². The molecule has 0 aliphatic rings. The molecule has 0 unspecified atom stereocenters. The number of hydrogen-bond donors (Lipinski definition) is 1. The second kappa shape index (κ2) is 11.5. The van der Waals surface area contributed by atoms with Gasteiger partial charge in [0, 0.05) is 31.6 Å². The molecule has 0 amide bonds. The quantitative estimate of drug-likeness (QED) is 0.128. The van der Waals surface area contributed by atoms with Crippen LogP contribution in [0.1, 0.15) is 13.8 Å². The van der Waals surface area contributed by atoms with E-state index in [-0.39, 0.29) is 31.6 Å². The Kier molecular flexibility index (Phi) is 8.48. The first-order valence-electron chi connectivity index (χ1n) is 10.8. The molecule has 0 aliphatic heterocycles. The summed E-state index contributed by atoms with van der Waals surface area (Å²) >= 11 is 0. The summed E-state index contributed by atoms with van der Waals surface area (Å²) in [6, 6.07) is 36.9. The standard InChI is InChI=1S/C25H16N.C5H8O2.Ir/c1-2-9-19(10-3-1)23-17-25(26-24-16-7-6-14-22(23)24)21-15-8-12-18-11-4-5-13-20(18)21;1-4(6)3-5(2)7;/h1-14,16-17H;3,6H,1-2H3;/q-1;;/b;4-3-;. The van der Waals surface area contributed by atoms with E-state index in [0.717, 1.165) is 16.8 Å². The number of carbonyl (C=O) groups is 1. The van der Waals surface area contributed by atoms with Gasteiger partial charge in [0.05, 0.1) is 11.3 Å². The van der Waals surface area contributed by atoms with Crippen LogP contribution in [0.5, 0.6) is 0 Å². The van der Waals surface area contributed by atoms with Gasteiger partial charge in [0.25, 0.3) is 0 Å². The molecule has 5 rings (SSSR count). The zero-order chi connectivity index (χ0) is 23.2. The van der Waals surface area contributed by atoms with Crippen LogP contribution >= 0.6 is 0 Å². The normalized spacial score (nSPS) is 10.8. The number of benzene rings is 4. The van der Waals surface area contributed by atoms with Gasteiger partial charge in [0.15, 0.2) is 5.78 Å². The molecule has 4 aromatic carbocycles. The second-order valence-corrected chi connectivity index (χ2v) is 7.77. The van der Waals surface area contributed by atoms with Gasteiger partial charge in [-0.3, -0.25) is 9.78 Å². The molecule has 34 heavy (non-hydrogen) atoms. The Labute approximate surface area is 213 Å². The van der Waals surface area contributed by atoms with Crippen LogP contribution in [0.4, 0.5) is 0 Å². The van der Waals surface area contributed by atoms with E-state index >= 15 is 0 Å². The third kappa shape index (κ3) is 5.85. The van der Waals surface area contributed by atoms with Crippen molar-refractivity contribution in [3.63, 3.8) is 0 Å². The van der Waals surface area contributed by atoms with Crippen LogP contribution < -0.4 is 0 Å². The summed E-state index contributed by atoms with van der Waals surface area (Å²) < 4.78 is 0. The zero-order valence-corrected chi connectivity index (χ0v) is 21.3. The minimum Gasteiger partial charge on any atom is -0.512 e. The Hall–Kier alpha value is -3.59. The second-order valence-electron chi connectivity index (χ2n) is 7.77. The van der Waals surface area contributed by atoms with Gasteiger partial charge in [-0.1, -0.05) is 84.2 Å². The van der Waals surface area contributed by atoms with E-state index in [4.69, 9.17) is 10.1 Å². The Morgan fingerprint density at radius 2 is 1.50 bits per heavy atom. The largest absolute Gasteiger partial charge is 0.512 e. The Balaban J connectivity index is 0.000000357. The minimum absolute atomic E-state index is 0. The van der Waals surface area contributed by atoms with Gasteiger partial charge < -0.3 is 5.11 Å². The summed E-state index contributed by atoms with van der Waals surface area (Å²) in [5.41, 5.74) is 5.41. The predicted octanol–water partition coefficient (Wildman–Crippen LogP) is 7.56. The molecule has 1 heterocycles. The van der Waals surface area contributed by atoms with Crippen molar-refractivity contribution in [1.29, 1.82) is 0 Å². The zero-order valence-electron chi connectivity index (χ0n) is 19.0. The van der Waals surface area contributed by atoms with Crippen molar-refractivity contribution in [1.82, 2.24) is 4.98 Å². The molecule has 5 aromatic rings. The first kappa shape index (κ1) is 25.0. The van der Waals surface area contributed by atoms with E-state index in [2.05, 4.69) is 84.9 Å². The number of hydrogen-bond acceptors (Lipinski definition) is 3. The maximum absolute atomic E-state index is 10.0. The van der Waals surface area contributed by atoms with Crippen molar-refractivity contribution < 1.29 is 30.0 Å². The van der Waals surface area contributed by atoms with Gasteiger partial charge in [0.2, 0.25) is 0 Å². The van der Waals surface area contributed by atoms with Gasteiger partial charge in [-0.25, -0.2) is 0 Å². The summed E-state index contributed by atoms with van der Waals surface area (Å²) in [6.45, 7) is 2.85. The van der Waals surface area contributed by atoms with Gasteiger partial charge in [0.1, 0.15) is 0 Å². The van der Waals surface area contributed by atoms with Crippen LogP contribution in [0, 0.1) is 6.07 Å². The maximum Gasteiger partial charge on any atom is 0.155 e. The van der Waals surface area contributed by atoms with Crippen molar-refractivity contribution >= 4 is 27.5 Å². The summed E-state index contributed by atoms with van der Waals surface area (Å²) in [7, 11) is 0. The topological polar surface area (TPSA) is 50.2 Å². The molecule has 4 heteroatoms. The SMILES string of the molecule is CC(=O)/C=C(/C)O.[Ir].[c-]1ccc2ccccc2c1-c1cc(-c2ccccc2)c2ccccc2n1. The summed E-state index contributed by atoms with van der Waals surface area (Å²) in [4.78, 5) is 15.0. The summed E-state index contributed by atoms with van der Waals surface area (Å²) in [5.74, 6) is -0.0625. The minimum atomic E-state index is -0.125. The van der Waals surface area contributed by atoms with Gasteiger partial charge in [-0.15, -0.1) is 29.1 Å². The van der Waals surface area contributed by atoms with Crippen LogP contribution in [0.2, 0.25) is 0 Å². The van der Waals surface area contributed by atoms with E-state index in [0.29, 0.717) is 0 Å². The fourth-order valence-corrected chi connectivity index (χ4v) is 3.83. The number of pyridine rings is 1. The fraction of sp³-hybridized carbons (Fsp3) is 0.0667. The van der Waals surface area contributed by atoms with Crippen molar-refractivity contribution in [2.75, 3.05) is 0 Å². The molecule has 1 N–H and O–H groups in total. The third-order valence-electron chi connectivity index (χ3n) is 5.19. The molecule has 171 valence electrons. The number of rotatable bonds is 3. The average molecular weight is 623 g/mol. The smallest absolute Gasteiger partial charge is 0.155 e. The predicted molar refractivity (Wildman–Crippen MR) is 136 cm³/mol. The van der Waals surface area contributed by atoms with Crippen molar-refractivity contribution in [3.05, 3.63) is 115 Å². The van der Waals surface area contributed by atoms with Crippen LogP contribution in [0.25, 0.3) is 44.1 Å². The summed E-state index contributed by atoms with van der Waals surface area (Å²) in [6.07, 6.45) is 1.17. The Bertz CT molecular complexity index is 1450. The van der Waals surface area contributed by atoms with E-state index in [1.165, 1.54) is 47.2 Å². The number of aliphatic hydroxyl groups excluding tert-OH is 1. The molecule has 0 saturated heterocycles. The average Bonchev–Trinajstić information content (AvgIpc) is 2.83. The number of aromatic nitrogens is 1. The van der Waals surface area contributed by atoms with Gasteiger partial charge in [-0.2, -0.15) is 0 Å². The van der Waals surface area contributed by atoms with Crippen LogP contribution in [0.3, 0.4) is 0 Å². The van der Waals surface area contributed by atoms with Gasteiger partial charge >= 0.3 is 0 Å². The number of allylic oxidation sites excluding steroid dienone is 2. The number of carbonyl (C=O) groups excluding carboxylic acids is 1. The first-order chi connectivity index (χ1) is 16.0. The van der Waals surface area contributed by atoms with E-state index in [1.54, 1.807) is 0 Å². The molecule has 0 bridgehead atoms. The van der Waals surface area contributed by atoms with E-state index in [9.17, 15) is 4.79 Å². The monoisotopic (exact) mass is 623 g/mol. The molecule has 3 nitrogen and oxygen atoms in total.